The monoisotopic (exact) mass is 893 g/mol. The van der Waals surface area contributed by atoms with Crippen LogP contribution in [0, 0.1) is 0 Å². The van der Waals surface area contributed by atoms with E-state index in [1.165, 1.54) is 9.58 Å². The molecule has 64 heavy (non-hydrogen) atoms. The van der Waals surface area contributed by atoms with Crippen LogP contribution in [0.4, 0.5) is 4.79 Å². The summed E-state index contributed by atoms with van der Waals surface area (Å²) in [5.74, 6) is -4.24. The first-order chi connectivity index (χ1) is 30.4. The van der Waals surface area contributed by atoms with Crippen molar-refractivity contribution in [2.75, 3.05) is 39.5 Å². The molecule has 0 bridgehead atoms. The first kappa shape index (κ1) is 48.6. The molecule has 2 aliphatic rings. The van der Waals surface area contributed by atoms with Gasteiger partial charge in [-0.15, -0.1) is 5.10 Å². The van der Waals surface area contributed by atoms with E-state index < -0.39 is 72.2 Å². The fourth-order valence-electron chi connectivity index (χ4n) is 7.32. The maximum Gasteiger partial charge on any atom is 0.407 e. The summed E-state index contributed by atoms with van der Waals surface area (Å²) in [6.45, 7) is 9.34. The van der Waals surface area contributed by atoms with Gasteiger partial charge in [-0.3, -0.25) is 28.8 Å². The number of esters is 5. The molecule has 2 amide bonds. The van der Waals surface area contributed by atoms with Crippen LogP contribution >= 0.6 is 0 Å². The van der Waals surface area contributed by atoms with Crippen molar-refractivity contribution < 1.29 is 71.5 Å². The number of ether oxygens (including phenoxy) is 8. The van der Waals surface area contributed by atoms with Gasteiger partial charge in [0.1, 0.15) is 24.9 Å². The second-order valence-electron chi connectivity index (χ2n) is 16.1. The van der Waals surface area contributed by atoms with Crippen LogP contribution in [0.1, 0.15) is 77.6 Å². The molecule has 1 aromatic heterocycles. The van der Waals surface area contributed by atoms with E-state index in [1.54, 1.807) is 27.0 Å². The molecular formula is C44H55N5O15. The standard InChI is InChI=1S/C44H55N5O15/c1-26(50)59-39-36(63-42(62-29(4)53)41(61-28(3)52)40(39)60-27(2)51)25-57-21-20-49-22-30(46-47-49)16-17-37(54)48(23-38(55)64-44(5,6)7)19-18-45-43(56)58-24-35-33-14-10-8-12-31(33)32-13-9-11-15-34(32)35/h8-15,22,35-36,39-42H,16-21,23-25H2,1-7H3,(H,45,56)/t36-,39-,40+,41-,42-/m1/s1. The molecule has 5 atom stereocenters. The van der Waals surface area contributed by atoms with Gasteiger partial charge in [0.2, 0.25) is 18.3 Å². The molecule has 1 saturated heterocycles. The average Bonchev–Trinajstić information content (AvgIpc) is 3.80. The van der Waals surface area contributed by atoms with Gasteiger partial charge in [-0.2, -0.15) is 0 Å². The number of hydrogen-bond acceptors (Lipinski definition) is 17. The highest BCUT2D eigenvalue weighted by molar-refractivity contribution is 5.82. The Kier molecular flexibility index (Phi) is 16.9. The quantitative estimate of drug-likeness (QED) is 0.103. The van der Waals surface area contributed by atoms with Crippen molar-refractivity contribution in [2.24, 2.45) is 0 Å². The molecule has 0 saturated carbocycles. The fourth-order valence-corrected chi connectivity index (χ4v) is 7.32. The van der Waals surface area contributed by atoms with Crippen molar-refractivity contribution in [2.45, 2.75) is 110 Å². The van der Waals surface area contributed by atoms with Gasteiger partial charge in [-0.1, -0.05) is 53.7 Å². The lowest BCUT2D eigenvalue weighted by atomic mass is 9.98. The Morgan fingerprint density at radius 2 is 1.38 bits per heavy atom. The minimum absolute atomic E-state index is 0.00296. The third-order valence-corrected chi connectivity index (χ3v) is 9.79. The van der Waals surface area contributed by atoms with E-state index in [2.05, 4.69) is 15.6 Å². The van der Waals surface area contributed by atoms with Gasteiger partial charge in [-0.25, -0.2) is 9.48 Å². The Morgan fingerprint density at radius 3 is 1.98 bits per heavy atom. The van der Waals surface area contributed by atoms with Crippen LogP contribution in [0.25, 0.3) is 11.1 Å². The molecule has 3 aromatic rings. The zero-order chi connectivity index (χ0) is 46.6. The van der Waals surface area contributed by atoms with Crippen LogP contribution in [0.15, 0.2) is 54.7 Å². The molecule has 1 fully saturated rings. The summed E-state index contributed by atoms with van der Waals surface area (Å²) in [6, 6.07) is 16.0. The molecule has 1 aliphatic carbocycles. The fraction of sp³-hybridized carbons (Fsp3) is 0.523. The summed E-state index contributed by atoms with van der Waals surface area (Å²) < 4.78 is 45.5. The molecule has 5 rings (SSSR count). The smallest absolute Gasteiger partial charge is 0.407 e. The van der Waals surface area contributed by atoms with Gasteiger partial charge in [-0.05, 0) is 43.0 Å². The summed E-state index contributed by atoms with van der Waals surface area (Å²) in [6.07, 6.45) is -5.76. The molecule has 20 heteroatoms. The Morgan fingerprint density at radius 1 is 0.781 bits per heavy atom. The number of rotatable bonds is 19. The number of carbonyl (C=O) groups is 7. The zero-order valence-corrected chi connectivity index (χ0v) is 36.9. The molecule has 0 unspecified atom stereocenters. The number of nitrogens with zero attached hydrogens (tertiary/aromatic N) is 4. The average molecular weight is 894 g/mol. The van der Waals surface area contributed by atoms with Crippen LogP contribution in [0.3, 0.4) is 0 Å². The van der Waals surface area contributed by atoms with Gasteiger partial charge in [0.15, 0.2) is 12.2 Å². The largest absolute Gasteiger partial charge is 0.459 e. The predicted molar refractivity (Wildman–Crippen MR) is 222 cm³/mol. The predicted octanol–water partition coefficient (Wildman–Crippen LogP) is 3.02. The minimum atomic E-state index is -1.52. The van der Waals surface area contributed by atoms with Crippen molar-refractivity contribution in [3.05, 3.63) is 71.5 Å². The number of amides is 2. The maximum absolute atomic E-state index is 13.5. The van der Waals surface area contributed by atoms with E-state index in [4.69, 9.17) is 37.9 Å². The maximum atomic E-state index is 13.5. The van der Waals surface area contributed by atoms with E-state index in [0.29, 0.717) is 5.69 Å². The van der Waals surface area contributed by atoms with Crippen LogP contribution in [-0.4, -0.2) is 138 Å². The lowest BCUT2D eigenvalue weighted by Crippen LogP contribution is -2.63. The Hall–Kier alpha value is -6.41. The summed E-state index contributed by atoms with van der Waals surface area (Å²) in [7, 11) is 0. The Bertz CT molecular complexity index is 2110. The first-order valence-corrected chi connectivity index (χ1v) is 20.8. The van der Waals surface area contributed by atoms with Gasteiger partial charge >= 0.3 is 35.9 Å². The van der Waals surface area contributed by atoms with Gasteiger partial charge < -0.3 is 48.1 Å². The molecular weight excluding hydrogens is 839 g/mol. The number of alkyl carbamates (subject to hydrolysis) is 1. The summed E-state index contributed by atoms with van der Waals surface area (Å²) >= 11 is 0. The van der Waals surface area contributed by atoms with E-state index >= 15 is 0 Å². The number of nitrogens with one attached hydrogen (secondary N) is 1. The normalized spacial score (nSPS) is 19.0. The lowest BCUT2D eigenvalue weighted by Gasteiger charge is -2.43. The topological polar surface area (TPSA) is 239 Å². The van der Waals surface area contributed by atoms with Crippen molar-refractivity contribution >= 4 is 41.8 Å². The molecule has 1 aliphatic heterocycles. The number of benzene rings is 2. The van der Waals surface area contributed by atoms with Crippen molar-refractivity contribution in [1.29, 1.82) is 0 Å². The van der Waals surface area contributed by atoms with E-state index in [-0.39, 0.29) is 70.7 Å². The van der Waals surface area contributed by atoms with Gasteiger partial charge in [0.25, 0.3) is 0 Å². The van der Waals surface area contributed by atoms with Crippen LogP contribution < -0.4 is 5.32 Å². The third-order valence-electron chi connectivity index (χ3n) is 9.79. The summed E-state index contributed by atoms with van der Waals surface area (Å²) in [5.41, 5.74) is 4.04. The van der Waals surface area contributed by atoms with E-state index in [9.17, 15) is 33.6 Å². The van der Waals surface area contributed by atoms with Crippen LogP contribution in [0.2, 0.25) is 0 Å². The van der Waals surface area contributed by atoms with Crippen molar-refractivity contribution in [1.82, 2.24) is 25.2 Å². The number of aryl methyl sites for hydroxylation is 1. The third kappa shape index (κ3) is 14.0. The molecule has 1 N–H and O–H groups in total. The van der Waals surface area contributed by atoms with Gasteiger partial charge in [0, 0.05) is 65.7 Å². The molecule has 20 nitrogen and oxygen atoms in total. The van der Waals surface area contributed by atoms with Crippen molar-refractivity contribution in [3.63, 3.8) is 0 Å². The molecule has 0 radical (unpaired) electrons. The number of aromatic nitrogens is 3. The lowest BCUT2D eigenvalue weighted by molar-refractivity contribution is -0.301. The number of hydrogen-bond donors (Lipinski definition) is 1. The van der Waals surface area contributed by atoms with Crippen molar-refractivity contribution in [3.8, 4) is 11.1 Å². The SMILES string of the molecule is CC(=O)O[C@@H]1O[C@H](COCCn2cc(CCC(=O)N(CCNC(=O)OCC3c4ccccc4-c4ccccc43)CC(=O)OC(C)(C)C)nn2)[C@@H](OC(C)=O)[C@H](OC(C)=O)[C@H]1OC(C)=O. The van der Waals surface area contributed by atoms with Crippen LogP contribution in [-0.2, 0) is 79.6 Å². The first-order valence-electron chi connectivity index (χ1n) is 20.8. The molecule has 2 heterocycles. The zero-order valence-electron chi connectivity index (χ0n) is 36.9. The molecule has 2 aromatic carbocycles. The number of carbonyl (C=O) groups excluding carboxylic acids is 7. The van der Waals surface area contributed by atoms with E-state index in [1.807, 2.05) is 48.5 Å². The number of fused-ring (bicyclic) bond motifs is 3. The Labute approximate surface area is 370 Å². The molecule has 0 spiro atoms. The van der Waals surface area contributed by atoms with Gasteiger partial charge in [0.05, 0.1) is 25.5 Å². The van der Waals surface area contributed by atoms with Crippen LogP contribution in [0.5, 0.6) is 0 Å². The summed E-state index contributed by atoms with van der Waals surface area (Å²) in [5, 5.41) is 10.9. The highest BCUT2D eigenvalue weighted by Gasteiger charge is 2.53. The Balaban J connectivity index is 1.13. The molecule has 346 valence electrons. The summed E-state index contributed by atoms with van der Waals surface area (Å²) in [4.78, 5) is 88.4. The highest BCUT2D eigenvalue weighted by atomic mass is 16.7. The van der Waals surface area contributed by atoms with E-state index in [0.717, 1.165) is 49.9 Å². The second-order valence-corrected chi connectivity index (χ2v) is 16.1. The highest BCUT2D eigenvalue weighted by Crippen LogP contribution is 2.44. The second kappa shape index (κ2) is 22.3. The minimum Gasteiger partial charge on any atom is -0.459 e.